The summed E-state index contributed by atoms with van der Waals surface area (Å²) in [5.74, 6) is 0.493. The van der Waals surface area contributed by atoms with E-state index in [1.165, 1.54) is 0 Å². The van der Waals surface area contributed by atoms with Crippen LogP contribution in [-0.2, 0) is 11.2 Å². The van der Waals surface area contributed by atoms with Crippen LogP contribution in [0.1, 0.15) is 25.0 Å². The molecule has 1 atom stereocenters. The molecular formula is C13H18N2O. The molecule has 0 aliphatic rings. The van der Waals surface area contributed by atoms with Crippen LogP contribution in [0.3, 0.4) is 0 Å². The van der Waals surface area contributed by atoms with Gasteiger partial charge in [0, 0.05) is 6.42 Å². The highest BCUT2D eigenvalue weighted by Crippen LogP contribution is 2.06. The monoisotopic (exact) mass is 218 g/mol. The lowest BCUT2D eigenvalue weighted by Gasteiger charge is -2.14. The molecule has 1 rings (SSSR count). The molecule has 0 aromatic heterocycles. The Bertz CT molecular complexity index is 351. The third-order valence-electron chi connectivity index (χ3n) is 2.16. The van der Waals surface area contributed by atoms with Crippen LogP contribution >= 0.6 is 0 Å². The number of ether oxygens (including phenoxy) is 1. The largest absolute Gasteiger partial charge is 0.363 e. The van der Waals surface area contributed by atoms with Crippen LogP contribution in [0.5, 0.6) is 0 Å². The van der Waals surface area contributed by atoms with Crippen LogP contribution in [0.25, 0.3) is 0 Å². The van der Waals surface area contributed by atoms with Gasteiger partial charge in [-0.1, -0.05) is 26.0 Å². The Balaban J connectivity index is 2.44. The molecule has 1 aromatic carbocycles. The van der Waals surface area contributed by atoms with Crippen molar-refractivity contribution in [2.24, 2.45) is 11.7 Å². The van der Waals surface area contributed by atoms with Crippen LogP contribution in [0, 0.1) is 17.2 Å². The van der Waals surface area contributed by atoms with E-state index in [0.29, 0.717) is 24.5 Å². The summed E-state index contributed by atoms with van der Waals surface area (Å²) in [6, 6.07) is 9.51. The highest BCUT2D eigenvalue weighted by molar-refractivity contribution is 5.31. The van der Waals surface area contributed by atoms with E-state index in [9.17, 15) is 0 Å². The summed E-state index contributed by atoms with van der Waals surface area (Å²) in [5, 5.41) is 8.66. The lowest BCUT2D eigenvalue weighted by Crippen LogP contribution is -2.28. The zero-order valence-electron chi connectivity index (χ0n) is 9.81. The van der Waals surface area contributed by atoms with Gasteiger partial charge in [-0.2, -0.15) is 5.26 Å². The molecule has 0 spiro atoms. The van der Waals surface area contributed by atoms with Crippen LogP contribution in [0.4, 0.5) is 0 Å². The summed E-state index contributed by atoms with van der Waals surface area (Å²) in [6.07, 6.45) is 0.411. The Labute approximate surface area is 96.8 Å². The third kappa shape index (κ3) is 4.43. The van der Waals surface area contributed by atoms with Crippen LogP contribution in [0.2, 0.25) is 0 Å². The van der Waals surface area contributed by atoms with Crippen LogP contribution in [0.15, 0.2) is 24.3 Å². The maximum atomic E-state index is 8.66. The molecule has 0 aliphatic heterocycles. The lowest BCUT2D eigenvalue weighted by molar-refractivity contribution is 0.0403. The van der Waals surface area contributed by atoms with E-state index in [-0.39, 0.29) is 6.23 Å². The molecule has 2 N–H and O–H groups in total. The highest BCUT2D eigenvalue weighted by atomic mass is 16.5. The van der Waals surface area contributed by atoms with Crippen LogP contribution in [-0.4, -0.2) is 12.8 Å². The van der Waals surface area contributed by atoms with Crippen molar-refractivity contribution in [3.8, 4) is 6.07 Å². The first kappa shape index (κ1) is 12.7. The molecule has 16 heavy (non-hydrogen) atoms. The van der Waals surface area contributed by atoms with E-state index in [2.05, 4.69) is 19.9 Å². The molecular weight excluding hydrogens is 200 g/mol. The van der Waals surface area contributed by atoms with Gasteiger partial charge in [0.05, 0.1) is 18.2 Å². The first-order valence-corrected chi connectivity index (χ1v) is 5.48. The van der Waals surface area contributed by atoms with Gasteiger partial charge in [-0.15, -0.1) is 0 Å². The summed E-state index contributed by atoms with van der Waals surface area (Å²) >= 11 is 0. The lowest BCUT2D eigenvalue weighted by atomic mass is 10.1. The molecule has 0 amide bonds. The van der Waals surface area contributed by atoms with Gasteiger partial charge in [0.2, 0.25) is 0 Å². The molecule has 1 aromatic rings. The van der Waals surface area contributed by atoms with Crippen molar-refractivity contribution >= 4 is 0 Å². The molecule has 0 saturated heterocycles. The summed E-state index contributed by atoms with van der Waals surface area (Å²) < 4.78 is 5.48. The van der Waals surface area contributed by atoms with Crippen molar-refractivity contribution in [1.29, 1.82) is 5.26 Å². The van der Waals surface area contributed by atoms with Gasteiger partial charge in [0.25, 0.3) is 0 Å². The quantitative estimate of drug-likeness (QED) is 0.769. The minimum atomic E-state index is -0.268. The van der Waals surface area contributed by atoms with Gasteiger partial charge in [-0.3, -0.25) is 0 Å². The summed E-state index contributed by atoms with van der Waals surface area (Å²) in [5.41, 5.74) is 7.60. The van der Waals surface area contributed by atoms with E-state index >= 15 is 0 Å². The number of hydrogen-bond acceptors (Lipinski definition) is 3. The second-order valence-corrected chi connectivity index (χ2v) is 4.28. The van der Waals surface area contributed by atoms with E-state index in [0.717, 1.165) is 5.56 Å². The van der Waals surface area contributed by atoms with E-state index in [4.69, 9.17) is 15.7 Å². The van der Waals surface area contributed by atoms with Gasteiger partial charge < -0.3 is 10.5 Å². The Hall–Kier alpha value is -1.37. The molecule has 0 heterocycles. The minimum absolute atomic E-state index is 0.268. The zero-order chi connectivity index (χ0) is 12.0. The predicted molar refractivity (Wildman–Crippen MR) is 63.6 cm³/mol. The average Bonchev–Trinajstić information content (AvgIpc) is 2.27. The standard InChI is InChI=1S/C13H18N2O/c1-10(2)9-16-13(15)7-11-3-5-12(8-14)6-4-11/h3-6,10,13H,7,9,15H2,1-2H3. The fourth-order valence-electron chi connectivity index (χ4n) is 1.32. The van der Waals surface area contributed by atoms with Crippen molar-refractivity contribution in [3.63, 3.8) is 0 Å². The first-order valence-electron chi connectivity index (χ1n) is 5.48. The number of hydrogen-bond donors (Lipinski definition) is 1. The second kappa shape index (κ2) is 6.26. The SMILES string of the molecule is CC(C)COC(N)Cc1ccc(C#N)cc1. The van der Waals surface area contributed by atoms with Crippen molar-refractivity contribution in [2.75, 3.05) is 6.61 Å². The van der Waals surface area contributed by atoms with Gasteiger partial charge in [-0.05, 0) is 23.6 Å². The average molecular weight is 218 g/mol. The smallest absolute Gasteiger partial charge is 0.109 e. The molecule has 3 heteroatoms. The number of nitrogens with two attached hydrogens (primary N) is 1. The summed E-state index contributed by atoms with van der Waals surface area (Å²) in [4.78, 5) is 0. The molecule has 1 unspecified atom stereocenters. The Morgan fingerprint density at radius 1 is 1.31 bits per heavy atom. The first-order chi connectivity index (χ1) is 7.61. The Morgan fingerprint density at radius 2 is 1.94 bits per heavy atom. The third-order valence-corrected chi connectivity index (χ3v) is 2.16. The summed E-state index contributed by atoms with van der Waals surface area (Å²) in [7, 11) is 0. The van der Waals surface area contributed by atoms with Gasteiger partial charge in [-0.25, -0.2) is 0 Å². The molecule has 0 radical (unpaired) electrons. The van der Waals surface area contributed by atoms with Crippen LogP contribution < -0.4 is 5.73 Å². The number of benzene rings is 1. The molecule has 0 aliphatic carbocycles. The highest BCUT2D eigenvalue weighted by Gasteiger charge is 2.05. The maximum absolute atomic E-state index is 8.66. The minimum Gasteiger partial charge on any atom is -0.363 e. The second-order valence-electron chi connectivity index (χ2n) is 4.28. The van der Waals surface area contributed by atoms with E-state index < -0.39 is 0 Å². The summed E-state index contributed by atoms with van der Waals surface area (Å²) in [6.45, 7) is 4.86. The number of nitrogens with zero attached hydrogens (tertiary/aromatic N) is 1. The van der Waals surface area contributed by atoms with Crippen molar-refractivity contribution in [2.45, 2.75) is 26.5 Å². The molecule has 0 saturated carbocycles. The van der Waals surface area contributed by atoms with Gasteiger partial charge >= 0.3 is 0 Å². The van der Waals surface area contributed by atoms with E-state index in [1.54, 1.807) is 12.1 Å². The molecule has 86 valence electrons. The Morgan fingerprint density at radius 3 is 2.44 bits per heavy atom. The van der Waals surface area contributed by atoms with E-state index in [1.807, 2.05) is 12.1 Å². The van der Waals surface area contributed by atoms with Gasteiger partial charge in [0.1, 0.15) is 6.23 Å². The molecule has 0 bridgehead atoms. The normalized spacial score (nSPS) is 12.4. The zero-order valence-corrected chi connectivity index (χ0v) is 9.81. The fourth-order valence-corrected chi connectivity index (χ4v) is 1.32. The topological polar surface area (TPSA) is 59.0 Å². The van der Waals surface area contributed by atoms with Crippen molar-refractivity contribution < 1.29 is 4.74 Å². The molecule has 3 nitrogen and oxygen atoms in total. The Kier molecular flexibility index (Phi) is 4.97. The number of rotatable bonds is 5. The van der Waals surface area contributed by atoms with Crippen molar-refractivity contribution in [3.05, 3.63) is 35.4 Å². The maximum Gasteiger partial charge on any atom is 0.109 e. The molecule has 0 fully saturated rings. The van der Waals surface area contributed by atoms with Crippen molar-refractivity contribution in [1.82, 2.24) is 0 Å². The predicted octanol–water partition coefficient (Wildman–Crippen LogP) is 2.06. The number of nitriles is 1. The van der Waals surface area contributed by atoms with Gasteiger partial charge in [0.15, 0.2) is 0 Å². The fraction of sp³-hybridized carbons (Fsp3) is 0.462.